The lowest BCUT2D eigenvalue weighted by molar-refractivity contribution is 0.0921. The summed E-state index contributed by atoms with van der Waals surface area (Å²) in [6, 6.07) is 0. The van der Waals surface area contributed by atoms with Crippen molar-refractivity contribution in [1.29, 1.82) is 0 Å². The van der Waals surface area contributed by atoms with E-state index in [-0.39, 0.29) is 6.10 Å². The maximum Gasteiger partial charge on any atom is 0.183 e. The van der Waals surface area contributed by atoms with Gasteiger partial charge in [0.25, 0.3) is 0 Å². The van der Waals surface area contributed by atoms with Crippen molar-refractivity contribution in [2.24, 2.45) is 5.92 Å². The summed E-state index contributed by atoms with van der Waals surface area (Å²) in [6.07, 6.45) is 3.81. The van der Waals surface area contributed by atoms with E-state index in [2.05, 4.69) is 30.1 Å². The Morgan fingerprint density at radius 2 is 2.00 bits per heavy atom. The van der Waals surface area contributed by atoms with Gasteiger partial charge in [-0.1, -0.05) is 5.21 Å². The number of fused-ring (bicyclic) bond motifs is 1. The second kappa shape index (κ2) is 6.01. The van der Waals surface area contributed by atoms with E-state index in [0.29, 0.717) is 5.92 Å². The highest BCUT2D eigenvalue weighted by Gasteiger charge is 2.32. The number of β-amino-alcohol motifs (C(OH)–C–C–N with tert-alkyl or cyclic N) is 1. The van der Waals surface area contributed by atoms with Crippen LogP contribution in [0.25, 0.3) is 11.2 Å². The van der Waals surface area contributed by atoms with E-state index in [0.717, 1.165) is 56.3 Å². The van der Waals surface area contributed by atoms with Gasteiger partial charge in [-0.3, -0.25) is 4.90 Å². The Morgan fingerprint density at radius 3 is 2.70 bits per heavy atom. The van der Waals surface area contributed by atoms with Crippen molar-refractivity contribution in [1.82, 2.24) is 29.9 Å². The normalized spacial score (nSPS) is 21.0. The zero-order valence-corrected chi connectivity index (χ0v) is 13.5. The van der Waals surface area contributed by atoms with Gasteiger partial charge in [-0.05, 0) is 25.7 Å². The molecule has 2 aromatic rings. The predicted octanol–water partition coefficient (Wildman–Crippen LogP) is 0.134. The van der Waals surface area contributed by atoms with Gasteiger partial charge in [0.05, 0.1) is 6.10 Å². The van der Waals surface area contributed by atoms with Crippen LogP contribution >= 0.6 is 0 Å². The first-order valence-electron chi connectivity index (χ1n) is 8.46. The average molecular weight is 317 g/mol. The number of aryl methyl sites for hydroxylation is 1. The second-order valence-electron chi connectivity index (χ2n) is 6.47. The molecule has 1 unspecified atom stereocenters. The third-order valence-corrected chi connectivity index (χ3v) is 4.86. The van der Waals surface area contributed by atoms with Crippen molar-refractivity contribution >= 4 is 17.0 Å². The monoisotopic (exact) mass is 317 g/mol. The van der Waals surface area contributed by atoms with E-state index in [9.17, 15) is 5.11 Å². The van der Waals surface area contributed by atoms with Crippen molar-refractivity contribution in [2.75, 3.05) is 37.6 Å². The minimum absolute atomic E-state index is 0.156. The van der Waals surface area contributed by atoms with Gasteiger partial charge in [-0.25, -0.2) is 14.6 Å². The first-order valence-corrected chi connectivity index (χ1v) is 8.46. The number of aromatic nitrogens is 5. The Labute approximate surface area is 135 Å². The lowest BCUT2D eigenvalue weighted by atomic mass is 10.2. The molecule has 1 saturated heterocycles. The summed E-state index contributed by atoms with van der Waals surface area (Å²) in [5.74, 6) is 1.41. The van der Waals surface area contributed by atoms with Crippen LogP contribution in [-0.2, 0) is 6.54 Å². The van der Waals surface area contributed by atoms with Gasteiger partial charge in [0.15, 0.2) is 17.0 Å². The highest BCUT2D eigenvalue weighted by Crippen LogP contribution is 2.33. The molecule has 0 bridgehead atoms. The number of piperazine rings is 1. The van der Waals surface area contributed by atoms with Crippen molar-refractivity contribution in [2.45, 2.75) is 32.4 Å². The third-order valence-electron chi connectivity index (χ3n) is 4.86. The number of hydrogen-bond donors (Lipinski definition) is 1. The molecule has 0 spiro atoms. The molecule has 23 heavy (non-hydrogen) atoms. The molecule has 124 valence electrons. The molecule has 1 N–H and O–H groups in total. The summed E-state index contributed by atoms with van der Waals surface area (Å²) >= 11 is 0. The van der Waals surface area contributed by atoms with Gasteiger partial charge >= 0.3 is 0 Å². The second-order valence-corrected chi connectivity index (χ2v) is 6.47. The molecule has 2 fully saturated rings. The number of hydrogen-bond acceptors (Lipinski definition) is 7. The summed E-state index contributed by atoms with van der Waals surface area (Å²) < 4.78 is 1.79. The molecule has 0 aromatic carbocycles. The van der Waals surface area contributed by atoms with Crippen LogP contribution in [0.3, 0.4) is 0 Å². The zero-order valence-electron chi connectivity index (χ0n) is 13.5. The van der Waals surface area contributed by atoms with Crippen molar-refractivity contribution < 1.29 is 5.11 Å². The fourth-order valence-electron chi connectivity index (χ4n) is 3.26. The van der Waals surface area contributed by atoms with Crippen LogP contribution in [0.2, 0.25) is 0 Å². The fraction of sp³-hybridized carbons (Fsp3) is 0.733. The van der Waals surface area contributed by atoms with E-state index < -0.39 is 0 Å². The average Bonchev–Trinajstić information content (AvgIpc) is 3.35. The summed E-state index contributed by atoms with van der Waals surface area (Å²) in [6.45, 7) is 7.24. The molecule has 8 nitrogen and oxygen atoms in total. The Hall–Kier alpha value is -1.80. The highest BCUT2D eigenvalue weighted by atomic mass is 16.3. The van der Waals surface area contributed by atoms with Crippen LogP contribution < -0.4 is 4.90 Å². The van der Waals surface area contributed by atoms with Gasteiger partial charge in [0, 0.05) is 39.3 Å². The number of rotatable bonds is 5. The number of anilines is 1. The number of nitrogens with zero attached hydrogens (tertiary/aromatic N) is 7. The molecule has 0 amide bonds. The molecule has 2 aromatic heterocycles. The maximum absolute atomic E-state index is 10.1. The van der Waals surface area contributed by atoms with Crippen LogP contribution in [0.5, 0.6) is 0 Å². The van der Waals surface area contributed by atoms with Crippen molar-refractivity contribution in [3.8, 4) is 0 Å². The molecule has 2 aliphatic rings. The smallest absolute Gasteiger partial charge is 0.183 e. The molecule has 3 heterocycles. The van der Waals surface area contributed by atoms with Crippen LogP contribution in [0.15, 0.2) is 6.33 Å². The number of aliphatic hydroxyl groups excluding tert-OH is 1. The van der Waals surface area contributed by atoms with E-state index >= 15 is 0 Å². The molecular formula is C15H23N7O. The van der Waals surface area contributed by atoms with Crippen LogP contribution in [0, 0.1) is 5.92 Å². The first kappa shape index (κ1) is 14.8. The minimum Gasteiger partial charge on any atom is -0.392 e. The van der Waals surface area contributed by atoms with Gasteiger partial charge in [0.1, 0.15) is 6.33 Å². The zero-order chi connectivity index (χ0) is 15.8. The Bertz CT molecular complexity index is 676. The highest BCUT2D eigenvalue weighted by molar-refractivity contribution is 5.82. The van der Waals surface area contributed by atoms with Gasteiger partial charge in [0.2, 0.25) is 0 Å². The lowest BCUT2D eigenvalue weighted by Crippen LogP contribution is -2.49. The fourth-order valence-corrected chi connectivity index (χ4v) is 3.26. The standard InChI is InChI=1S/C15H23N7O/c1-2-22-15-13(18-19-22)14(16-10-17-15)21-7-5-20(6-8-21)9-12(23)11-3-4-11/h10-12,23H,2-9H2,1H3. The SMILES string of the molecule is CCn1nnc2c(N3CCN(CC(O)C4CC4)CC3)ncnc21. The van der Waals surface area contributed by atoms with Crippen LogP contribution in [-0.4, -0.2) is 73.8 Å². The van der Waals surface area contributed by atoms with E-state index in [1.165, 1.54) is 12.8 Å². The molecular weight excluding hydrogens is 294 g/mol. The van der Waals surface area contributed by atoms with Crippen LogP contribution in [0.1, 0.15) is 19.8 Å². The molecule has 1 saturated carbocycles. The minimum atomic E-state index is -0.156. The van der Waals surface area contributed by atoms with Crippen molar-refractivity contribution in [3.63, 3.8) is 0 Å². The van der Waals surface area contributed by atoms with E-state index in [1.807, 2.05) is 6.92 Å². The largest absolute Gasteiger partial charge is 0.392 e. The lowest BCUT2D eigenvalue weighted by Gasteiger charge is -2.36. The third kappa shape index (κ3) is 2.88. The summed E-state index contributed by atoms with van der Waals surface area (Å²) in [5.41, 5.74) is 1.57. The maximum atomic E-state index is 10.1. The summed E-state index contributed by atoms with van der Waals surface area (Å²) in [4.78, 5) is 13.3. The summed E-state index contributed by atoms with van der Waals surface area (Å²) in [5, 5.41) is 18.5. The Balaban J connectivity index is 1.45. The molecule has 8 heteroatoms. The topological polar surface area (TPSA) is 83.2 Å². The molecule has 0 radical (unpaired) electrons. The van der Waals surface area contributed by atoms with Crippen molar-refractivity contribution in [3.05, 3.63) is 6.33 Å². The Morgan fingerprint density at radius 1 is 1.22 bits per heavy atom. The van der Waals surface area contributed by atoms with E-state index in [1.54, 1.807) is 11.0 Å². The predicted molar refractivity (Wildman–Crippen MR) is 86.2 cm³/mol. The van der Waals surface area contributed by atoms with Gasteiger partial charge < -0.3 is 10.0 Å². The Kier molecular flexibility index (Phi) is 3.86. The van der Waals surface area contributed by atoms with Crippen LogP contribution in [0.4, 0.5) is 5.82 Å². The molecule has 4 rings (SSSR count). The quantitative estimate of drug-likeness (QED) is 0.839. The molecule has 1 atom stereocenters. The van der Waals surface area contributed by atoms with Gasteiger partial charge in [-0.2, -0.15) is 0 Å². The molecule has 1 aliphatic carbocycles. The summed E-state index contributed by atoms with van der Waals surface area (Å²) in [7, 11) is 0. The molecule has 1 aliphatic heterocycles. The first-order chi connectivity index (χ1) is 11.3. The van der Waals surface area contributed by atoms with Gasteiger partial charge in [-0.15, -0.1) is 5.10 Å². The number of aliphatic hydroxyl groups is 1. The van der Waals surface area contributed by atoms with E-state index in [4.69, 9.17) is 0 Å².